The number of methoxy groups -OCH3 is 1. The van der Waals surface area contributed by atoms with Gasteiger partial charge in [0.25, 0.3) is 0 Å². The monoisotopic (exact) mass is 228 g/mol. The van der Waals surface area contributed by atoms with Crippen LogP contribution in [-0.2, 0) is 0 Å². The van der Waals surface area contributed by atoms with Gasteiger partial charge in [0.2, 0.25) is 0 Å². The fraction of sp³-hybridized carbons (Fsp3) is 0.200. The van der Waals surface area contributed by atoms with Gasteiger partial charge in [0.05, 0.1) is 12.8 Å². The Morgan fingerprint density at radius 3 is 2.56 bits per heavy atom. The van der Waals surface area contributed by atoms with Crippen LogP contribution in [0.5, 0.6) is 5.75 Å². The quantitative estimate of drug-likeness (QED) is 0.789. The number of benzene rings is 1. The molecule has 0 aromatic heterocycles. The van der Waals surface area contributed by atoms with Crippen LogP contribution in [0.3, 0.4) is 0 Å². The van der Waals surface area contributed by atoms with E-state index in [4.69, 9.17) is 10.1 Å². The average Bonchev–Trinajstić information content (AvgIpc) is 2.56. The molecule has 1 heterocycles. The Morgan fingerprint density at radius 1 is 1.31 bits per heavy atom. The summed E-state index contributed by atoms with van der Waals surface area (Å²) < 4.78 is 42.4. The van der Waals surface area contributed by atoms with Gasteiger partial charge in [-0.25, -0.2) is 4.99 Å². The molecule has 1 aromatic carbocycles. The van der Waals surface area contributed by atoms with Crippen LogP contribution in [-0.4, -0.2) is 24.7 Å². The summed E-state index contributed by atoms with van der Waals surface area (Å²) in [7, 11) is 1.35. The second kappa shape index (κ2) is 3.33. The fourth-order valence-corrected chi connectivity index (χ4v) is 1.50. The van der Waals surface area contributed by atoms with Gasteiger partial charge in [-0.1, -0.05) is 12.1 Å². The predicted octanol–water partition coefficient (Wildman–Crippen LogP) is 2.71. The lowest BCUT2D eigenvalue weighted by atomic mass is 10.1. The minimum absolute atomic E-state index is 0.0716. The Labute approximate surface area is 89.1 Å². The molecule has 0 unspecified atom stereocenters. The van der Waals surface area contributed by atoms with Crippen LogP contribution < -0.4 is 4.74 Å². The maximum absolute atomic E-state index is 12.5. The van der Waals surface area contributed by atoms with E-state index in [1.165, 1.54) is 25.3 Å². The van der Waals surface area contributed by atoms with Crippen molar-refractivity contribution in [3.05, 3.63) is 23.8 Å². The SMILES string of the molecule is COc1cccc2c1N=C(C(F)(F)F)C2=N. The molecule has 0 bridgehead atoms. The molecule has 16 heavy (non-hydrogen) atoms. The zero-order chi connectivity index (χ0) is 11.9. The fourth-order valence-electron chi connectivity index (χ4n) is 1.50. The first-order valence-electron chi connectivity index (χ1n) is 4.37. The van der Waals surface area contributed by atoms with Crippen molar-refractivity contribution in [2.75, 3.05) is 7.11 Å². The van der Waals surface area contributed by atoms with E-state index >= 15 is 0 Å². The van der Waals surface area contributed by atoms with Crippen LogP contribution >= 0.6 is 0 Å². The summed E-state index contributed by atoms with van der Waals surface area (Å²) in [5.74, 6) is 0.238. The maximum atomic E-state index is 12.5. The minimum atomic E-state index is -4.61. The number of aliphatic imine (C=N–C) groups is 1. The van der Waals surface area contributed by atoms with Crippen molar-refractivity contribution in [2.45, 2.75) is 6.18 Å². The summed E-state index contributed by atoms with van der Waals surface area (Å²) in [4.78, 5) is 3.42. The topological polar surface area (TPSA) is 45.4 Å². The number of halogens is 3. The minimum Gasteiger partial charge on any atom is -0.494 e. The van der Waals surface area contributed by atoms with Crippen molar-refractivity contribution >= 4 is 17.1 Å². The van der Waals surface area contributed by atoms with Gasteiger partial charge in [0.15, 0.2) is 5.71 Å². The lowest BCUT2D eigenvalue weighted by Crippen LogP contribution is -2.28. The van der Waals surface area contributed by atoms with E-state index in [1.807, 2.05) is 0 Å². The van der Waals surface area contributed by atoms with Gasteiger partial charge < -0.3 is 4.74 Å². The van der Waals surface area contributed by atoms with Crippen molar-refractivity contribution < 1.29 is 17.9 Å². The van der Waals surface area contributed by atoms with E-state index in [0.717, 1.165) is 0 Å². The van der Waals surface area contributed by atoms with Crippen molar-refractivity contribution in [3.8, 4) is 5.75 Å². The Morgan fingerprint density at radius 2 is 2.00 bits per heavy atom. The molecule has 0 atom stereocenters. The Kier molecular flexibility index (Phi) is 2.22. The summed E-state index contributed by atoms with van der Waals surface area (Å²) in [6.45, 7) is 0. The van der Waals surface area contributed by atoms with E-state index in [0.29, 0.717) is 0 Å². The van der Waals surface area contributed by atoms with Gasteiger partial charge in [-0.15, -0.1) is 0 Å². The van der Waals surface area contributed by atoms with Crippen LogP contribution in [0.15, 0.2) is 23.2 Å². The molecule has 3 nitrogen and oxygen atoms in total. The summed E-state index contributed by atoms with van der Waals surface area (Å²) in [5.41, 5.74) is -1.57. The van der Waals surface area contributed by atoms with Gasteiger partial charge >= 0.3 is 6.18 Å². The maximum Gasteiger partial charge on any atom is 0.435 e. The third-order valence-corrected chi connectivity index (χ3v) is 2.22. The number of para-hydroxylation sites is 1. The van der Waals surface area contributed by atoms with Gasteiger partial charge in [-0.2, -0.15) is 13.2 Å². The highest BCUT2D eigenvalue weighted by molar-refractivity contribution is 6.52. The molecule has 0 spiro atoms. The largest absolute Gasteiger partial charge is 0.494 e. The highest BCUT2D eigenvalue weighted by Crippen LogP contribution is 2.39. The Bertz CT molecular complexity index is 491. The standard InChI is InChI=1S/C10H7F3N2O/c1-16-6-4-2-3-5-7(14)9(10(11,12)13)15-8(5)6/h2-4,14H,1H3. The molecule has 0 amide bonds. The predicted molar refractivity (Wildman–Crippen MR) is 53.0 cm³/mol. The molecule has 84 valence electrons. The molecule has 1 N–H and O–H groups in total. The Balaban J connectivity index is 2.59. The van der Waals surface area contributed by atoms with E-state index < -0.39 is 17.6 Å². The molecule has 6 heteroatoms. The van der Waals surface area contributed by atoms with Crippen molar-refractivity contribution in [1.29, 1.82) is 5.41 Å². The van der Waals surface area contributed by atoms with Crippen molar-refractivity contribution in [1.82, 2.24) is 0 Å². The molecular weight excluding hydrogens is 221 g/mol. The van der Waals surface area contributed by atoms with Crippen molar-refractivity contribution in [3.63, 3.8) is 0 Å². The number of rotatable bonds is 1. The molecule has 1 aromatic rings. The highest BCUT2D eigenvalue weighted by atomic mass is 19.4. The second-order valence-electron chi connectivity index (χ2n) is 3.19. The third kappa shape index (κ3) is 1.46. The summed E-state index contributed by atoms with van der Waals surface area (Å²) in [6, 6.07) is 4.46. The van der Waals surface area contributed by atoms with Crippen LogP contribution in [0.2, 0.25) is 0 Å². The molecule has 0 saturated heterocycles. The average molecular weight is 228 g/mol. The molecule has 0 aliphatic carbocycles. The first kappa shape index (κ1) is 10.7. The van der Waals surface area contributed by atoms with E-state index in [9.17, 15) is 13.2 Å². The van der Waals surface area contributed by atoms with Gasteiger partial charge in [-0.3, -0.25) is 5.41 Å². The molecule has 1 aliphatic heterocycles. The number of alkyl halides is 3. The zero-order valence-corrected chi connectivity index (χ0v) is 8.22. The van der Waals surface area contributed by atoms with Crippen molar-refractivity contribution in [2.24, 2.45) is 4.99 Å². The first-order valence-corrected chi connectivity index (χ1v) is 4.37. The smallest absolute Gasteiger partial charge is 0.435 e. The number of nitrogens with one attached hydrogen (secondary N) is 1. The first-order chi connectivity index (χ1) is 7.45. The van der Waals surface area contributed by atoms with Gasteiger partial charge in [0, 0.05) is 5.56 Å². The number of ether oxygens (including phenoxy) is 1. The highest BCUT2D eigenvalue weighted by Gasteiger charge is 2.43. The number of fused-ring (bicyclic) bond motifs is 1. The van der Waals surface area contributed by atoms with Crippen LogP contribution in [0.4, 0.5) is 18.9 Å². The molecule has 0 radical (unpaired) electrons. The molecule has 1 aliphatic rings. The van der Waals surface area contributed by atoms with Gasteiger partial charge in [-0.05, 0) is 6.07 Å². The van der Waals surface area contributed by atoms with E-state index in [2.05, 4.69) is 4.99 Å². The summed E-state index contributed by atoms with van der Waals surface area (Å²) in [5, 5.41) is 7.41. The van der Waals surface area contributed by atoms with Gasteiger partial charge in [0.1, 0.15) is 11.4 Å². The lowest BCUT2D eigenvalue weighted by Gasteiger charge is -2.05. The van der Waals surface area contributed by atoms with E-state index in [1.54, 1.807) is 0 Å². The lowest BCUT2D eigenvalue weighted by molar-refractivity contribution is -0.0564. The summed E-state index contributed by atoms with van der Waals surface area (Å²) in [6.07, 6.45) is -4.61. The number of nitrogens with zero attached hydrogens (tertiary/aromatic N) is 1. The second-order valence-corrected chi connectivity index (χ2v) is 3.19. The van der Waals surface area contributed by atoms with Crippen LogP contribution in [0.1, 0.15) is 5.56 Å². The third-order valence-electron chi connectivity index (χ3n) is 2.22. The number of hydrogen-bond acceptors (Lipinski definition) is 3. The van der Waals surface area contributed by atoms with Crippen LogP contribution in [0.25, 0.3) is 0 Å². The van der Waals surface area contributed by atoms with Crippen LogP contribution in [0, 0.1) is 5.41 Å². The Hall–Kier alpha value is -1.85. The number of hydrogen-bond donors (Lipinski definition) is 1. The molecule has 0 saturated carbocycles. The van der Waals surface area contributed by atoms with E-state index in [-0.39, 0.29) is 17.0 Å². The normalized spacial score (nSPS) is 14.8. The molecule has 0 fully saturated rings. The zero-order valence-electron chi connectivity index (χ0n) is 8.22. The summed E-state index contributed by atoms with van der Waals surface area (Å²) >= 11 is 0. The molecular formula is C10H7F3N2O. The molecule has 2 rings (SSSR count).